The van der Waals surface area contributed by atoms with Gasteiger partial charge in [-0.25, -0.2) is 15.8 Å². The molecule has 2 saturated heterocycles. The Kier molecular flexibility index (Phi) is 8.59. The smallest absolute Gasteiger partial charge is 0.314 e. The number of rotatable bonds is 10. The van der Waals surface area contributed by atoms with E-state index in [9.17, 15) is 4.39 Å². The van der Waals surface area contributed by atoms with E-state index in [2.05, 4.69) is 24.8 Å². The molecule has 1 aromatic carbocycles. The van der Waals surface area contributed by atoms with Gasteiger partial charge in [0.1, 0.15) is 11.0 Å². The molecule has 0 spiro atoms. The predicted molar refractivity (Wildman–Crippen MR) is 171 cm³/mol. The van der Waals surface area contributed by atoms with Crippen molar-refractivity contribution in [3.05, 3.63) is 60.2 Å². The molecule has 2 N–H and O–H groups in total. The van der Waals surface area contributed by atoms with Crippen molar-refractivity contribution in [1.82, 2.24) is 24.8 Å². The van der Waals surface area contributed by atoms with Gasteiger partial charge in [-0.1, -0.05) is 0 Å². The molecule has 242 valence electrons. The minimum absolute atomic E-state index is 0.00281. The van der Waals surface area contributed by atoms with Gasteiger partial charge in [-0.15, -0.1) is 0 Å². The van der Waals surface area contributed by atoms with Crippen LogP contribution in [0.5, 0.6) is 11.5 Å². The first-order chi connectivity index (χ1) is 22.5. The third-order valence-electron chi connectivity index (χ3n) is 9.04. The number of piperidine rings is 2. The number of halogens is 1. The van der Waals surface area contributed by atoms with E-state index in [4.69, 9.17) is 29.1 Å². The number of benzene rings is 1. The number of oxazole rings is 2. The van der Waals surface area contributed by atoms with Gasteiger partial charge in [0, 0.05) is 31.5 Å². The molecule has 13 heteroatoms. The number of hydrogen-bond donors (Lipinski definition) is 1. The Morgan fingerprint density at radius 2 is 1.57 bits per heavy atom. The van der Waals surface area contributed by atoms with Crippen molar-refractivity contribution in [2.24, 2.45) is 11.8 Å². The van der Waals surface area contributed by atoms with Gasteiger partial charge in [-0.2, -0.15) is 14.4 Å². The van der Waals surface area contributed by atoms with E-state index < -0.39 is 5.82 Å². The van der Waals surface area contributed by atoms with Gasteiger partial charge in [-0.3, -0.25) is 9.91 Å². The van der Waals surface area contributed by atoms with E-state index in [1.807, 2.05) is 38.1 Å². The van der Waals surface area contributed by atoms with Crippen LogP contribution in [-0.2, 0) is 6.54 Å². The molecule has 7 rings (SSSR count). The molecule has 2 aliphatic heterocycles. The number of nitrogens with two attached hydrogens (primary N) is 1. The summed E-state index contributed by atoms with van der Waals surface area (Å²) in [4.78, 5) is 22.8. The highest BCUT2D eigenvalue weighted by Gasteiger charge is 2.40. The second-order valence-corrected chi connectivity index (χ2v) is 11.9. The lowest BCUT2D eigenvalue weighted by atomic mass is 9.82. The first-order valence-electron chi connectivity index (χ1n) is 16.0. The second-order valence-electron chi connectivity index (χ2n) is 11.9. The number of likely N-dealkylation sites (tertiary alicyclic amines) is 1. The lowest BCUT2D eigenvalue weighted by molar-refractivity contribution is 0.146. The Balaban J connectivity index is 1.09. The summed E-state index contributed by atoms with van der Waals surface area (Å²) in [6.07, 6.45) is 6.91. The van der Waals surface area contributed by atoms with E-state index >= 15 is 0 Å². The van der Waals surface area contributed by atoms with Gasteiger partial charge < -0.3 is 23.2 Å². The molecule has 2 aliphatic rings. The maximum absolute atomic E-state index is 14.8. The first kappa shape index (κ1) is 30.2. The lowest BCUT2D eigenvalue weighted by Gasteiger charge is -2.46. The van der Waals surface area contributed by atoms with Crippen molar-refractivity contribution >= 4 is 34.5 Å². The molecule has 0 radical (unpaired) electrons. The predicted octanol–water partition coefficient (Wildman–Crippen LogP) is 5.33. The Morgan fingerprint density at radius 3 is 2.20 bits per heavy atom. The summed E-state index contributed by atoms with van der Waals surface area (Å²) in [6, 6.07) is 12.1. The number of fused-ring (bicyclic) bond motifs is 2. The van der Waals surface area contributed by atoms with E-state index in [-0.39, 0.29) is 23.6 Å². The van der Waals surface area contributed by atoms with Gasteiger partial charge in [0.05, 0.1) is 19.3 Å². The van der Waals surface area contributed by atoms with Gasteiger partial charge in [0.25, 0.3) is 6.01 Å². The minimum Gasteiger partial charge on any atom is -0.491 e. The van der Waals surface area contributed by atoms with E-state index in [1.54, 1.807) is 29.5 Å². The SMILES string of the molecule is CCOc1cc(CN2CCC(C3CC(N(N)c4nc5cccnc5o4)CCN3c3nc4cccnc4o3)CC2)cc(OCC)c1F. The molecule has 6 heterocycles. The van der Waals surface area contributed by atoms with Crippen LogP contribution in [0.25, 0.3) is 22.5 Å². The molecular formula is C33H39FN8O4. The fourth-order valence-corrected chi connectivity index (χ4v) is 6.81. The molecule has 46 heavy (non-hydrogen) atoms. The summed E-state index contributed by atoms with van der Waals surface area (Å²) in [7, 11) is 0. The Labute approximate surface area is 266 Å². The highest BCUT2D eigenvalue weighted by atomic mass is 19.1. The van der Waals surface area contributed by atoms with Crippen molar-refractivity contribution < 1.29 is 22.7 Å². The summed E-state index contributed by atoms with van der Waals surface area (Å²) in [5, 5.41) is 1.66. The maximum atomic E-state index is 14.8. The Morgan fingerprint density at radius 1 is 0.913 bits per heavy atom. The van der Waals surface area contributed by atoms with E-state index in [1.165, 1.54) is 0 Å². The third kappa shape index (κ3) is 6.04. The summed E-state index contributed by atoms with van der Waals surface area (Å²) in [5.41, 5.74) is 3.39. The molecular weight excluding hydrogens is 591 g/mol. The maximum Gasteiger partial charge on any atom is 0.314 e. The zero-order chi connectivity index (χ0) is 31.6. The quantitative estimate of drug-likeness (QED) is 0.158. The standard InChI is InChI=1S/C33H39FN8O4/c1-3-43-27-17-21(18-28(29(27)34)44-4-2)20-40-14-9-22(10-15-40)26-19-23(42(35)33-39-25-8-6-13-37-31(25)46-33)11-16-41(26)32-38-24-7-5-12-36-30(24)45-32/h5-8,12-13,17-18,22-23,26H,3-4,9-11,14-16,19-20,35H2,1-2H3. The summed E-state index contributed by atoms with van der Waals surface area (Å²) >= 11 is 0. The number of hydrazine groups is 1. The number of nitrogens with zero attached hydrogens (tertiary/aromatic N) is 7. The van der Waals surface area contributed by atoms with Crippen molar-refractivity contribution in [1.29, 1.82) is 0 Å². The van der Waals surface area contributed by atoms with Crippen LogP contribution in [0, 0.1) is 11.7 Å². The zero-order valence-corrected chi connectivity index (χ0v) is 26.1. The highest BCUT2D eigenvalue weighted by Crippen LogP contribution is 2.37. The molecule has 2 fully saturated rings. The van der Waals surface area contributed by atoms with Crippen LogP contribution in [0.2, 0.25) is 0 Å². The largest absolute Gasteiger partial charge is 0.491 e. The molecule has 4 aromatic heterocycles. The minimum atomic E-state index is -0.449. The van der Waals surface area contributed by atoms with Crippen LogP contribution in [0.15, 0.2) is 57.6 Å². The Bertz CT molecular complexity index is 1690. The number of anilines is 2. The van der Waals surface area contributed by atoms with Gasteiger partial charge >= 0.3 is 6.01 Å². The molecule has 12 nitrogen and oxygen atoms in total. The molecule has 2 unspecified atom stereocenters. The molecule has 2 atom stereocenters. The normalized spacial score (nSPS) is 19.6. The van der Waals surface area contributed by atoms with Crippen molar-refractivity contribution in [3.63, 3.8) is 0 Å². The average molecular weight is 631 g/mol. The van der Waals surface area contributed by atoms with Crippen LogP contribution in [0.3, 0.4) is 0 Å². The molecule has 5 aromatic rings. The van der Waals surface area contributed by atoms with Crippen LogP contribution in [-0.4, -0.2) is 69.8 Å². The number of ether oxygens (including phenoxy) is 2. The van der Waals surface area contributed by atoms with Crippen LogP contribution >= 0.6 is 0 Å². The molecule has 0 amide bonds. The van der Waals surface area contributed by atoms with Crippen molar-refractivity contribution in [3.8, 4) is 11.5 Å². The van der Waals surface area contributed by atoms with Gasteiger partial charge in [0.2, 0.25) is 17.2 Å². The lowest BCUT2D eigenvalue weighted by Crippen LogP contribution is -2.56. The molecule has 0 saturated carbocycles. The summed E-state index contributed by atoms with van der Waals surface area (Å²) in [6.45, 7) is 7.65. The fourth-order valence-electron chi connectivity index (χ4n) is 6.81. The van der Waals surface area contributed by atoms with Crippen LogP contribution < -0.4 is 25.2 Å². The first-order valence-corrected chi connectivity index (χ1v) is 16.0. The third-order valence-corrected chi connectivity index (χ3v) is 9.04. The van der Waals surface area contributed by atoms with Crippen LogP contribution in [0.1, 0.15) is 45.1 Å². The summed E-state index contributed by atoms with van der Waals surface area (Å²) in [5.74, 6) is 7.07. The zero-order valence-electron chi connectivity index (χ0n) is 26.1. The fraction of sp³-hybridized carbons (Fsp3) is 0.455. The topological polar surface area (TPSA) is 132 Å². The van der Waals surface area contributed by atoms with Crippen molar-refractivity contribution in [2.45, 2.75) is 58.2 Å². The van der Waals surface area contributed by atoms with E-state index in [0.29, 0.717) is 61.2 Å². The second kappa shape index (κ2) is 13.1. The van der Waals surface area contributed by atoms with Crippen molar-refractivity contribution in [2.75, 3.05) is 42.8 Å². The number of pyridine rings is 2. The molecule has 0 bridgehead atoms. The number of hydrogen-bond acceptors (Lipinski definition) is 12. The monoisotopic (exact) mass is 630 g/mol. The molecule has 0 aliphatic carbocycles. The van der Waals surface area contributed by atoms with E-state index in [0.717, 1.165) is 49.9 Å². The van der Waals surface area contributed by atoms with Crippen LogP contribution in [0.4, 0.5) is 16.4 Å². The Hall–Kier alpha value is -4.49. The average Bonchev–Trinajstić information content (AvgIpc) is 3.72. The van der Waals surface area contributed by atoms with Gasteiger partial charge in [0.15, 0.2) is 11.5 Å². The highest BCUT2D eigenvalue weighted by molar-refractivity contribution is 5.70. The number of aromatic nitrogens is 4. The summed E-state index contributed by atoms with van der Waals surface area (Å²) < 4.78 is 38.1. The van der Waals surface area contributed by atoms with Gasteiger partial charge in [-0.05, 0) is 100 Å².